The molecule has 0 amide bonds. The third-order valence-electron chi connectivity index (χ3n) is 5.94. The van der Waals surface area contributed by atoms with Crippen LogP contribution >= 0.6 is 0 Å². The van der Waals surface area contributed by atoms with Gasteiger partial charge in [-0.15, -0.1) is 0 Å². The third kappa shape index (κ3) is 6.19. The Morgan fingerprint density at radius 2 is 1.79 bits per heavy atom. The SMILES string of the molecule is CC(C)c1cc2c(CNCCS(=O)(=O)Nc3ccccc3)nc(N3CCN(C)CC3)nc2cn1. The zero-order valence-electron chi connectivity index (χ0n) is 20.0. The van der Waals surface area contributed by atoms with E-state index >= 15 is 0 Å². The molecule has 10 heteroatoms. The molecule has 1 fully saturated rings. The van der Waals surface area contributed by atoms with Crippen molar-refractivity contribution in [3.63, 3.8) is 0 Å². The van der Waals surface area contributed by atoms with Crippen LogP contribution in [0.3, 0.4) is 0 Å². The fourth-order valence-electron chi connectivity index (χ4n) is 3.85. The lowest BCUT2D eigenvalue weighted by Crippen LogP contribution is -2.45. The molecule has 182 valence electrons. The fraction of sp³-hybridized carbons (Fsp3) is 0.458. The van der Waals surface area contributed by atoms with Crippen molar-refractivity contribution in [2.45, 2.75) is 26.3 Å². The minimum Gasteiger partial charge on any atom is -0.338 e. The van der Waals surface area contributed by atoms with Crippen LogP contribution in [0.25, 0.3) is 10.9 Å². The van der Waals surface area contributed by atoms with Crippen molar-refractivity contribution < 1.29 is 8.42 Å². The predicted octanol–water partition coefficient (Wildman–Crippen LogP) is 2.43. The second kappa shape index (κ2) is 10.6. The van der Waals surface area contributed by atoms with Crippen LogP contribution in [0.5, 0.6) is 0 Å². The first-order chi connectivity index (χ1) is 16.3. The summed E-state index contributed by atoms with van der Waals surface area (Å²) >= 11 is 0. The van der Waals surface area contributed by atoms with Crippen molar-refractivity contribution in [2.75, 3.05) is 55.1 Å². The van der Waals surface area contributed by atoms with Crippen LogP contribution in [0.4, 0.5) is 11.6 Å². The first kappa shape index (κ1) is 24.3. The average Bonchev–Trinajstić information content (AvgIpc) is 2.82. The van der Waals surface area contributed by atoms with Crippen molar-refractivity contribution >= 4 is 32.6 Å². The molecule has 9 nitrogen and oxygen atoms in total. The molecule has 3 aromatic rings. The molecule has 1 aromatic carbocycles. The van der Waals surface area contributed by atoms with Gasteiger partial charge in [-0.2, -0.15) is 0 Å². The molecule has 0 bridgehead atoms. The highest BCUT2D eigenvalue weighted by Gasteiger charge is 2.19. The molecule has 3 heterocycles. The number of fused-ring (bicyclic) bond motifs is 1. The molecular weight excluding hydrogens is 450 g/mol. The summed E-state index contributed by atoms with van der Waals surface area (Å²) in [7, 11) is -1.33. The Kier molecular flexibility index (Phi) is 7.60. The highest BCUT2D eigenvalue weighted by Crippen LogP contribution is 2.23. The van der Waals surface area contributed by atoms with E-state index in [0.29, 0.717) is 24.7 Å². The Hall–Kier alpha value is -2.82. The van der Waals surface area contributed by atoms with Gasteiger partial charge in [0.2, 0.25) is 16.0 Å². The number of hydrogen-bond donors (Lipinski definition) is 2. The van der Waals surface area contributed by atoms with Gasteiger partial charge in [-0.1, -0.05) is 32.0 Å². The fourth-order valence-corrected chi connectivity index (χ4v) is 4.86. The van der Waals surface area contributed by atoms with Gasteiger partial charge in [0.15, 0.2) is 0 Å². The molecule has 2 aromatic heterocycles. The quantitative estimate of drug-likeness (QED) is 0.448. The molecule has 0 spiro atoms. The number of aromatic nitrogens is 3. The zero-order chi connectivity index (χ0) is 24.1. The Bertz CT molecular complexity index is 1210. The Labute approximate surface area is 201 Å². The van der Waals surface area contributed by atoms with Crippen LogP contribution in [-0.4, -0.2) is 73.8 Å². The van der Waals surface area contributed by atoms with Gasteiger partial charge in [0.05, 0.1) is 23.2 Å². The van der Waals surface area contributed by atoms with Gasteiger partial charge in [0.25, 0.3) is 0 Å². The van der Waals surface area contributed by atoms with E-state index in [2.05, 4.69) is 51.8 Å². The summed E-state index contributed by atoms with van der Waals surface area (Å²) in [5.41, 5.74) is 3.22. The van der Waals surface area contributed by atoms with Crippen molar-refractivity contribution in [1.82, 2.24) is 25.2 Å². The number of benzene rings is 1. The molecule has 0 radical (unpaired) electrons. The standard InChI is InChI=1S/C24H33N7O2S/c1-18(2)21-15-20-22(16-25-9-14-34(32,33)29-19-7-5-4-6-8-19)27-24(28-23(20)17-26-21)31-12-10-30(3)11-13-31/h4-8,15,17-18,25,29H,9-14,16H2,1-3H3. The minimum atomic E-state index is -3.45. The molecule has 0 unspecified atom stereocenters. The highest BCUT2D eigenvalue weighted by atomic mass is 32.2. The number of sulfonamides is 1. The van der Waals surface area contributed by atoms with E-state index in [1.165, 1.54) is 0 Å². The molecule has 0 saturated carbocycles. The van der Waals surface area contributed by atoms with E-state index in [-0.39, 0.29) is 11.7 Å². The average molecular weight is 484 g/mol. The topological polar surface area (TPSA) is 103 Å². The van der Waals surface area contributed by atoms with Gasteiger partial charge in [0, 0.05) is 56.0 Å². The first-order valence-corrected chi connectivity index (χ1v) is 13.3. The van der Waals surface area contributed by atoms with Crippen molar-refractivity contribution in [3.05, 3.63) is 54.0 Å². The molecule has 1 aliphatic rings. The molecule has 0 atom stereocenters. The molecule has 0 aliphatic carbocycles. The van der Waals surface area contributed by atoms with Gasteiger partial charge in [-0.25, -0.2) is 18.4 Å². The van der Waals surface area contributed by atoms with Crippen LogP contribution in [0.15, 0.2) is 42.6 Å². The number of pyridine rings is 1. The van der Waals surface area contributed by atoms with E-state index in [0.717, 1.165) is 48.5 Å². The Balaban J connectivity index is 1.49. The van der Waals surface area contributed by atoms with Crippen LogP contribution in [0.1, 0.15) is 31.2 Å². The van der Waals surface area contributed by atoms with E-state index in [1.54, 1.807) is 24.3 Å². The summed E-state index contributed by atoms with van der Waals surface area (Å²) in [5, 5.41) is 4.22. The maximum Gasteiger partial charge on any atom is 0.233 e. The summed E-state index contributed by atoms with van der Waals surface area (Å²) in [6.07, 6.45) is 1.82. The van der Waals surface area contributed by atoms with Crippen LogP contribution < -0.4 is 14.9 Å². The zero-order valence-corrected chi connectivity index (χ0v) is 20.8. The second-order valence-electron chi connectivity index (χ2n) is 9.01. The minimum absolute atomic E-state index is 0.0327. The maximum absolute atomic E-state index is 12.4. The number of hydrogen-bond acceptors (Lipinski definition) is 8. The highest BCUT2D eigenvalue weighted by molar-refractivity contribution is 7.92. The maximum atomic E-state index is 12.4. The normalized spacial score (nSPS) is 15.2. The summed E-state index contributed by atoms with van der Waals surface area (Å²) in [6.45, 7) is 8.64. The lowest BCUT2D eigenvalue weighted by molar-refractivity contribution is 0.311. The van der Waals surface area contributed by atoms with E-state index in [9.17, 15) is 8.42 Å². The second-order valence-corrected chi connectivity index (χ2v) is 10.8. The number of nitrogens with zero attached hydrogens (tertiary/aromatic N) is 5. The first-order valence-electron chi connectivity index (χ1n) is 11.7. The number of para-hydroxylation sites is 1. The summed E-state index contributed by atoms with van der Waals surface area (Å²) in [4.78, 5) is 18.8. The number of likely N-dealkylation sites (N-methyl/N-ethyl adjacent to an activating group) is 1. The van der Waals surface area contributed by atoms with E-state index in [4.69, 9.17) is 9.97 Å². The number of rotatable bonds is 9. The number of anilines is 2. The molecule has 1 saturated heterocycles. The lowest BCUT2D eigenvalue weighted by Gasteiger charge is -2.32. The monoisotopic (exact) mass is 483 g/mol. The predicted molar refractivity (Wildman–Crippen MR) is 137 cm³/mol. The van der Waals surface area contributed by atoms with Gasteiger partial charge in [0.1, 0.15) is 0 Å². The molecule has 2 N–H and O–H groups in total. The Morgan fingerprint density at radius 3 is 2.50 bits per heavy atom. The molecule has 1 aliphatic heterocycles. The van der Waals surface area contributed by atoms with Crippen molar-refractivity contribution in [2.24, 2.45) is 0 Å². The molecular formula is C24H33N7O2S. The third-order valence-corrected chi connectivity index (χ3v) is 7.22. The summed E-state index contributed by atoms with van der Waals surface area (Å²) in [6, 6.07) is 11.0. The van der Waals surface area contributed by atoms with Gasteiger partial charge in [-0.05, 0) is 31.2 Å². The van der Waals surface area contributed by atoms with Crippen molar-refractivity contribution in [3.8, 4) is 0 Å². The van der Waals surface area contributed by atoms with Crippen LogP contribution in [-0.2, 0) is 16.6 Å². The smallest absolute Gasteiger partial charge is 0.233 e. The van der Waals surface area contributed by atoms with Gasteiger partial charge >= 0.3 is 0 Å². The molecule has 4 rings (SSSR count). The van der Waals surface area contributed by atoms with Crippen LogP contribution in [0.2, 0.25) is 0 Å². The van der Waals surface area contributed by atoms with Gasteiger partial charge in [-0.3, -0.25) is 9.71 Å². The van der Waals surface area contributed by atoms with E-state index < -0.39 is 10.0 Å². The van der Waals surface area contributed by atoms with Crippen LogP contribution in [0, 0.1) is 0 Å². The largest absolute Gasteiger partial charge is 0.338 e. The lowest BCUT2D eigenvalue weighted by atomic mass is 10.1. The number of nitrogens with one attached hydrogen (secondary N) is 2. The number of piperazine rings is 1. The molecule has 34 heavy (non-hydrogen) atoms. The van der Waals surface area contributed by atoms with Crippen molar-refractivity contribution in [1.29, 1.82) is 0 Å². The summed E-state index contributed by atoms with van der Waals surface area (Å²) < 4.78 is 27.5. The summed E-state index contributed by atoms with van der Waals surface area (Å²) in [5.74, 6) is 0.959. The Morgan fingerprint density at radius 1 is 1.06 bits per heavy atom. The van der Waals surface area contributed by atoms with E-state index in [1.807, 2.05) is 12.3 Å². The van der Waals surface area contributed by atoms with Gasteiger partial charge < -0.3 is 15.1 Å².